The first-order valence-electron chi connectivity index (χ1n) is 6.76. The number of hydrogen-bond donors (Lipinski definition) is 1. The number of rotatable bonds is 6. The van der Waals surface area contributed by atoms with Crippen LogP contribution in [0.2, 0.25) is 0 Å². The number of benzene rings is 1. The zero-order valence-electron chi connectivity index (χ0n) is 11.5. The SMILES string of the molecule is COCCCCC(=O)N1CC(C(=O)O)c2ccccc21. The van der Waals surface area contributed by atoms with Gasteiger partial charge in [0.05, 0.1) is 0 Å². The molecular formula is C15H19NO4. The van der Waals surface area contributed by atoms with E-state index in [2.05, 4.69) is 0 Å². The second kappa shape index (κ2) is 6.52. The van der Waals surface area contributed by atoms with E-state index in [4.69, 9.17) is 4.74 Å². The molecule has 1 heterocycles. The Morgan fingerprint density at radius 2 is 2.10 bits per heavy atom. The maximum Gasteiger partial charge on any atom is 0.312 e. The lowest BCUT2D eigenvalue weighted by Crippen LogP contribution is -2.31. The number of carboxylic acids is 1. The van der Waals surface area contributed by atoms with Gasteiger partial charge in [-0.2, -0.15) is 0 Å². The van der Waals surface area contributed by atoms with Crippen LogP contribution < -0.4 is 4.90 Å². The van der Waals surface area contributed by atoms with E-state index in [0.29, 0.717) is 13.0 Å². The van der Waals surface area contributed by atoms with Gasteiger partial charge in [0.1, 0.15) is 5.92 Å². The maximum atomic E-state index is 12.2. The molecule has 1 aromatic rings. The Morgan fingerprint density at radius 3 is 2.80 bits per heavy atom. The third-order valence-corrected chi connectivity index (χ3v) is 3.56. The minimum absolute atomic E-state index is 0.0164. The van der Waals surface area contributed by atoms with Crippen molar-refractivity contribution >= 4 is 17.6 Å². The maximum absolute atomic E-state index is 12.2. The number of fused-ring (bicyclic) bond motifs is 1. The van der Waals surface area contributed by atoms with E-state index in [1.165, 1.54) is 0 Å². The molecular weight excluding hydrogens is 258 g/mol. The summed E-state index contributed by atoms with van der Waals surface area (Å²) < 4.78 is 4.95. The Bertz CT molecular complexity index is 500. The van der Waals surface area contributed by atoms with Crippen molar-refractivity contribution in [2.45, 2.75) is 25.2 Å². The summed E-state index contributed by atoms with van der Waals surface area (Å²) in [6.07, 6.45) is 2.01. The van der Waals surface area contributed by atoms with Gasteiger partial charge in [-0.1, -0.05) is 18.2 Å². The van der Waals surface area contributed by atoms with Gasteiger partial charge in [0.2, 0.25) is 5.91 Å². The molecule has 0 spiro atoms. The first kappa shape index (κ1) is 14.5. The van der Waals surface area contributed by atoms with Crippen molar-refractivity contribution in [1.29, 1.82) is 0 Å². The quantitative estimate of drug-likeness (QED) is 0.808. The Balaban J connectivity index is 2.06. The van der Waals surface area contributed by atoms with Gasteiger partial charge in [-0.25, -0.2) is 0 Å². The third-order valence-electron chi connectivity index (χ3n) is 3.56. The second-order valence-corrected chi connectivity index (χ2v) is 4.90. The molecule has 5 nitrogen and oxygen atoms in total. The smallest absolute Gasteiger partial charge is 0.312 e. The Hall–Kier alpha value is -1.88. The highest BCUT2D eigenvalue weighted by atomic mass is 16.5. The molecule has 1 atom stereocenters. The molecule has 1 aliphatic rings. The van der Waals surface area contributed by atoms with Crippen LogP contribution in [0.1, 0.15) is 30.7 Å². The number of ether oxygens (including phenoxy) is 1. The zero-order valence-corrected chi connectivity index (χ0v) is 11.5. The van der Waals surface area contributed by atoms with Gasteiger partial charge in [-0.3, -0.25) is 9.59 Å². The summed E-state index contributed by atoms with van der Waals surface area (Å²) in [7, 11) is 1.63. The molecule has 5 heteroatoms. The predicted molar refractivity (Wildman–Crippen MR) is 74.9 cm³/mol. The summed E-state index contributed by atoms with van der Waals surface area (Å²) in [6.45, 7) is 0.874. The zero-order chi connectivity index (χ0) is 14.5. The summed E-state index contributed by atoms with van der Waals surface area (Å²) in [5.74, 6) is -1.52. The fourth-order valence-electron chi connectivity index (χ4n) is 2.51. The van der Waals surface area contributed by atoms with E-state index in [0.717, 1.165) is 24.1 Å². The van der Waals surface area contributed by atoms with Gasteiger partial charge >= 0.3 is 5.97 Å². The van der Waals surface area contributed by atoms with Crippen molar-refractivity contribution in [3.8, 4) is 0 Å². The predicted octanol–water partition coefficient (Wildman–Crippen LogP) is 2.02. The van der Waals surface area contributed by atoms with Crippen LogP contribution in [0.3, 0.4) is 0 Å². The lowest BCUT2D eigenvalue weighted by Gasteiger charge is -2.17. The van der Waals surface area contributed by atoms with Crippen molar-refractivity contribution < 1.29 is 19.4 Å². The molecule has 108 valence electrons. The van der Waals surface area contributed by atoms with Crippen LogP contribution in [0.4, 0.5) is 5.69 Å². The number of carboxylic acid groups (broad SMARTS) is 1. The van der Waals surface area contributed by atoms with Gasteiger partial charge in [-0.05, 0) is 24.5 Å². The Kier molecular flexibility index (Phi) is 4.74. The summed E-state index contributed by atoms with van der Waals surface area (Å²) in [5, 5.41) is 9.25. The molecule has 0 aliphatic carbocycles. The molecule has 0 aromatic heterocycles. The number of carbonyl (C=O) groups excluding carboxylic acids is 1. The average molecular weight is 277 g/mol. The highest BCUT2D eigenvalue weighted by Crippen LogP contribution is 2.36. The molecule has 1 amide bonds. The molecule has 1 N–H and O–H groups in total. The number of carbonyl (C=O) groups is 2. The van der Waals surface area contributed by atoms with Crippen LogP contribution in [0.25, 0.3) is 0 Å². The molecule has 0 bridgehead atoms. The molecule has 2 rings (SSSR count). The standard InChI is InChI=1S/C15H19NO4/c1-20-9-5-4-8-14(17)16-10-12(15(18)19)11-6-2-3-7-13(11)16/h2-3,6-7,12H,4-5,8-10H2,1H3,(H,18,19). The molecule has 1 aliphatic heterocycles. The molecule has 1 aromatic carbocycles. The number of amides is 1. The molecule has 0 saturated carbocycles. The van der Waals surface area contributed by atoms with Gasteiger partial charge in [0.15, 0.2) is 0 Å². The summed E-state index contributed by atoms with van der Waals surface area (Å²) in [5.41, 5.74) is 1.46. The second-order valence-electron chi connectivity index (χ2n) is 4.90. The minimum atomic E-state index is -0.882. The fraction of sp³-hybridized carbons (Fsp3) is 0.467. The summed E-state index contributed by atoms with van der Waals surface area (Å²) in [4.78, 5) is 25.1. The molecule has 0 fully saturated rings. The highest BCUT2D eigenvalue weighted by molar-refractivity contribution is 5.98. The molecule has 0 radical (unpaired) electrons. The van der Waals surface area contributed by atoms with Crippen LogP contribution >= 0.6 is 0 Å². The number of methoxy groups -OCH3 is 1. The normalized spacial score (nSPS) is 17.1. The van der Waals surface area contributed by atoms with E-state index in [1.54, 1.807) is 24.1 Å². The largest absolute Gasteiger partial charge is 0.481 e. The van der Waals surface area contributed by atoms with Crippen molar-refractivity contribution in [2.75, 3.05) is 25.2 Å². The summed E-state index contributed by atoms with van der Waals surface area (Å²) >= 11 is 0. The third kappa shape index (κ3) is 2.99. The highest BCUT2D eigenvalue weighted by Gasteiger charge is 2.35. The Labute approximate surface area is 118 Å². The number of unbranched alkanes of at least 4 members (excludes halogenated alkanes) is 1. The van der Waals surface area contributed by atoms with Crippen molar-refractivity contribution in [1.82, 2.24) is 0 Å². The van der Waals surface area contributed by atoms with Crippen LogP contribution in [0, 0.1) is 0 Å². The topological polar surface area (TPSA) is 66.8 Å². The van der Waals surface area contributed by atoms with Gasteiger partial charge < -0.3 is 14.7 Å². The number of aliphatic carboxylic acids is 1. The van der Waals surface area contributed by atoms with Crippen molar-refractivity contribution in [3.63, 3.8) is 0 Å². The number of nitrogens with zero attached hydrogens (tertiary/aromatic N) is 1. The minimum Gasteiger partial charge on any atom is -0.481 e. The van der Waals surface area contributed by atoms with Crippen LogP contribution in [-0.2, 0) is 14.3 Å². The lowest BCUT2D eigenvalue weighted by molar-refractivity contribution is -0.138. The van der Waals surface area contributed by atoms with E-state index >= 15 is 0 Å². The number of hydrogen-bond acceptors (Lipinski definition) is 3. The van der Waals surface area contributed by atoms with E-state index in [1.807, 2.05) is 12.1 Å². The monoisotopic (exact) mass is 277 g/mol. The van der Waals surface area contributed by atoms with Crippen LogP contribution in [0.15, 0.2) is 24.3 Å². The average Bonchev–Trinajstić information content (AvgIpc) is 2.83. The van der Waals surface area contributed by atoms with Crippen LogP contribution in [0.5, 0.6) is 0 Å². The van der Waals surface area contributed by atoms with Crippen molar-refractivity contribution in [3.05, 3.63) is 29.8 Å². The van der Waals surface area contributed by atoms with Gasteiger partial charge in [0.25, 0.3) is 0 Å². The van der Waals surface area contributed by atoms with E-state index in [9.17, 15) is 14.7 Å². The van der Waals surface area contributed by atoms with Gasteiger partial charge in [0, 0.05) is 32.4 Å². The fourth-order valence-corrected chi connectivity index (χ4v) is 2.51. The van der Waals surface area contributed by atoms with E-state index in [-0.39, 0.29) is 12.5 Å². The van der Waals surface area contributed by atoms with E-state index < -0.39 is 11.9 Å². The number of anilines is 1. The van der Waals surface area contributed by atoms with Gasteiger partial charge in [-0.15, -0.1) is 0 Å². The summed E-state index contributed by atoms with van der Waals surface area (Å²) in [6, 6.07) is 7.23. The Morgan fingerprint density at radius 1 is 1.35 bits per heavy atom. The van der Waals surface area contributed by atoms with Crippen LogP contribution in [-0.4, -0.2) is 37.2 Å². The first-order valence-corrected chi connectivity index (χ1v) is 6.76. The molecule has 20 heavy (non-hydrogen) atoms. The molecule has 1 unspecified atom stereocenters. The van der Waals surface area contributed by atoms with Crippen molar-refractivity contribution in [2.24, 2.45) is 0 Å². The number of para-hydroxylation sites is 1. The molecule has 0 saturated heterocycles. The first-order chi connectivity index (χ1) is 9.65. The lowest BCUT2D eigenvalue weighted by atomic mass is 10.0.